The van der Waals surface area contributed by atoms with Gasteiger partial charge in [-0.3, -0.25) is 0 Å². The summed E-state index contributed by atoms with van der Waals surface area (Å²) in [5.41, 5.74) is 1.14. The second-order valence-electron chi connectivity index (χ2n) is 5.07. The molecule has 0 fully saturated rings. The molecule has 2 aromatic carbocycles. The van der Waals surface area contributed by atoms with Gasteiger partial charge in [0.25, 0.3) is 0 Å². The van der Waals surface area contributed by atoms with E-state index in [4.69, 9.17) is 4.74 Å². The third-order valence-electron chi connectivity index (χ3n) is 3.35. The molecule has 0 heterocycles. The van der Waals surface area contributed by atoms with Crippen LogP contribution in [-0.2, 0) is 6.54 Å². The van der Waals surface area contributed by atoms with Crippen LogP contribution in [0.2, 0.25) is 0 Å². The molecular weight excluding hydrogens is 323 g/mol. The lowest BCUT2D eigenvalue weighted by atomic mass is 10.1. The van der Waals surface area contributed by atoms with Gasteiger partial charge in [-0.15, -0.1) is 0 Å². The van der Waals surface area contributed by atoms with Crippen LogP contribution in [0.5, 0.6) is 11.5 Å². The van der Waals surface area contributed by atoms with Gasteiger partial charge in [0.15, 0.2) is 11.6 Å². The summed E-state index contributed by atoms with van der Waals surface area (Å²) in [6.07, 6.45) is -0.908. The smallest absolute Gasteiger partial charge is 0.387 e. The van der Waals surface area contributed by atoms with E-state index in [1.54, 1.807) is 12.1 Å². The molecule has 0 aliphatic heterocycles. The average molecular weight is 341 g/mol. The molecule has 1 atom stereocenters. The molecule has 0 aliphatic carbocycles. The second-order valence-corrected chi connectivity index (χ2v) is 5.07. The standard InChI is InChI=1S/C17H18F3NO3/c1-23-16-6-5-11(7-14(16)18)9-21-10-15(22)12-3-2-4-13(8-12)24-17(19)20/h2-8,15,17,21-22H,9-10H2,1H3. The molecule has 0 bridgehead atoms. The molecule has 0 saturated carbocycles. The molecule has 0 aliphatic rings. The van der Waals surface area contributed by atoms with Crippen molar-refractivity contribution in [3.63, 3.8) is 0 Å². The molecule has 0 radical (unpaired) electrons. The summed E-state index contributed by atoms with van der Waals surface area (Å²) in [6.45, 7) is -2.41. The zero-order chi connectivity index (χ0) is 17.5. The molecule has 7 heteroatoms. The molecule has 0 amide bonds. The molecule has 1 unspecified atom stereocenters. The molecule has 2 aromatic rings. The van der Waals surface area contributed by atoms with E-state index in [2.05, 4.69) is 10.1 Å². The van der Waals surface area contributed by atoms with Gasteiger partial charge >= 0.3 is 6.61 Å². The zero-order valence-corrected chi connectivity index (χ0v) is 13.0. The number of halogens is 3. The van der Waals surface area contributed by atoms with Crippen molar-refractivity contribution in [1.29, 1.82) is 0 Å². The Morgan fingerprint density at radius 1 is 1.17 bits per heavy atom. The van der Waals surface area contributed by atoms with Crippen LogP contribution < -0.4 is 14.8 Å². The van der Waals surface area contributed by atoms with Crippen LogP contribution in [0.25, 0.3) is 0 Å². The molecule has 24 heavy (non-hydrogen) atoms. The number of alkyl halides is 2. The fourth-order valence-electron chi connectivity index (χ4n) is 2.19. The molecule has 0 saturated heterocycles. The Labute approximate surface area is 137 Å². The fourth-order valence-corrected chi connectivity index (χ4v) is 2.19. The largest absolute Gasteiger partial charge is 0.494 e. The Kier molecular flexibility index (Phi) is 6.45. The SMILES string of the molecule is COc1ccc(CNCC(O)c2cccc(OC(F)F)c2)cc1F. The van der Waals surface area contributed by atoms with Crippen molar-refractivity contribution in [1.82, 2.24) is 5.32 Å². The van der Waals surface area contributed by atoms with Crippen molar-refractivity contribution in [2.24, 2.45) is 0 Å². The summed E-state index contributed by atoms with van der Waals surface area (Å²) in [4.78, 5) is 0. The fraction of sp³-hybridized carbons (Fsp3) is 0.294. The maximum atomic E-state index is 13.6. The number of rotatable bonds is 8. The van der Waals surface area contributed by atoms with E-state index in [9.17, 15) is 18.3 Å². The summed E-state index contributed by atoms with van der Waals surface area (Å²) in [5.74, 6) is -0.317. The van der Waals surface area contributed by atoms with E-state index in [0.717, 1.165) is 0 Å². The lowest BCUT2D eigenvalue weighted by Crippen LogP contribution is -2.21. The Hall–Kier alpha value is -2.25. The maximum absolute atomic E-state index is 13.6. The van der Waals surface area contributed by atoms with E-state index < -0.39 is 18.5 Å². The Morgan fingerprint density at radius 3 is 2.62 bits per heavy atom. The third kappa shape index (κ3) is 5.14. The highest BCUT2D eigenvalue weighted by molar-refractivity contribution is 5.31. The minimum absolute atomic E-state index is 0.0150. The van der Waals surface area contributed by atoms with Gasteiger partial charge in [-0.05, 0) is 35.4 Å². The van der Waals surface area contributed by atoms with Gasteiger partial charge in [0, 0.05) is 13.1 Å². The monoisotopic (exact) mass is 341 g/mol. The van der Waals surface area contributed by atoms with Gasteiger partial charge in [0.2, 0.25) is 0 Å². The van der Waals surface area contributed by atoms with Crippen molar-refractivity contribution in [3.8, 4) is 11.5 Å². The number of nitrogens with one attached hydrogen (secondary N) is 1. The first-order valence-electron chi connectivity index (χ1n) is 7.25. The maximum Gasteiger partial charge on any atom is 0.387 e. The van der Waals surface area contributed by atoms with Crippen LogP contribution in [-0.4, -0.2) is 25.4 Å². The van der Waals surface area contributed by atoms with Crippen LogP contribution in [0.3, 0.4) is 0 Å². The van der Waals surface area contributed by atoms with Crippen LogP contribution in [0.1, 0.15) is 17.2 Å². The number of aliphatic hydroxyl groups excluding tert-OH is 1. The lowest BCUT2D eigenvalue weighted by molar-refractivity contribution is -0.0499. The number of aliphatic hydroxyl groups is 1. The Bertz CT molecular complexity index is 667. The van der Waals surface area contributed by atoms with Gasteiger partial charge in [-0.2, -0.15) is 8.78 Å². The average Bonchev–Trinajstić information content (AvgIpc) is 2.54. The van der Waals surface area contributed by atoms with Crippen LogP contribution in [0.15, 0.2) is 42.5 Å². The van der Waals surface area contributed by atoms with Gasteiger partial charge in [0.1, 0.15) is 5.75 Å². The highest BCUT2D eigenvalue weighted by Gasteiger charge is 2.11. The summed E-state index contributed by atoms with van der Waals surface area (Å²) < 4.78 is 47.1. The Balaban J connectivity index is 1.89. The van der Waals surface area contributed by atoms with E-state index in [1.165, 1.54) is 37.4 Å². The third-order valence-corrected chi connectivity index (χ3v) is 3.35. The topological polar surface area (TPSA) is 50.7 Å². The second kappa shape index (κ2) is 8.56. The molecule has 4 nitrogen and oxygen atoms in total. The molecule has 130 valence electrons. The predicted octanol–water partition coefficient (Wildman–Crippen LogP) is 3.26. The van der Waals surface area contributed by atoms with E-state index in [-0.39, 0.29) is 18.0 Å². The highest BCUT2D eigenvalue weighted by Crippen LogP contribution is 2.21. The summed E-state index contributed by atoms with van der Waals surface area (Å²) in [7, 11) is 1.39. The first kappa shape index (κ1) is 18.1. The summed E-state index contributed by atoms with van der Waals surface area (Å²) in [5, 5.41) is 13.1. The van der Waals surface area contributed by atoms with E-state index in [1.807, 2.05) is 0 Å². The zero-order valence-electron chi connectivity index (χ0n) is 13.0. The first-order chi connectivity index (χ1) is 11.5. The normalized spacial score (nSPS) is 12.2. The van der Waals surface area contributed by atoms with Crippen molar-refractivity contribution >= 4 is 0 Å². The van der Waals surface area contributed by atoms with Crippen molar-refractivity contribution in [3.05, 3.63) is 59.4 Å². The minimum atomic E-state index is -2.92. The van der Waals surface area contributed by atoms with Gasteiger partial charge in [0.05, 0.1) is 13.2 Å². The number of methoxy groups -OCH3 is 1. The van der Waals surface area contributed by atoms with Crippen molar-refractivity contribution in [2.45, 2.75) is 19.3 Å². The van der Waals surface area contributed by atoms with E-state index in [0.29, 0.717) is 17.7 Å². The van der Waals surface area contributed by atoms with Crippen LogP contribution >= 0.6 is 0 Å². The molecule has 0 spiro atoms. The Morgan fingerprint density at radius 2 is 1.96 bits per heavy atom. The minimum Gasteiger partial charge on any atom is -0.494 e. The van der Waals surface area contributed by atoms with Crippen molar-refractivity contribution < 1.29 is 27.8 Å². The first-order valence-corrected chi connectivity index (χ1v) is 7.25. The van der Waals surface area contributed by atoms with Crippen LogP contribution in [0, 0.1) is 5.82 Å². The number of benzene rings is 2. The summed E-state index contributed by atoms with van der Waals surface area (Å²) >= 11 is 0. The van der Waals surface area contributed by atoms with Gasteiger partial charge in [-0.1, -0.05) is 18.2 Å². The number of hydrogen-bond donors (Lipinski definition) is 2. The number of hydrogen-bond acceptors (Lipinski definition) is 4. The number of ether oxygens (including phenoxy) is 2. The predicted molar refractivity (Wildman–Crippen MR) is 82.7 cm³/mol. The molecule has 2 rings (SSSR count). The molecular formula is C17H18F3NO3. The van der Waals surface area contributed by atoms with Crippen molar-refractivity contribution in [2.75, 3.05) is 13.7 Å². The summed E-state index contributed by atoms with van der Waals surface area (Å²) in [6, 6.07) is 10.4. The quantitative estimate of drug-likeness (QED) is 0.774. The molecule has 2 N–H and O–H groups in total. The van der Waals surface area contributed by atoms with E-state index >= 15 is 0 Å². The lowest BCUT2D eigenvalue weighted by Gasteiger charge is -2.14. The van der Waals surface area contributed by atoms with Gasteiger partial charge < -0.3 is 19.9 Å². The molecule has 0 aromatic heterocycles. The highest BCUT2D eigenvalue weighted by atomic mass is 19.3. The van der Waals surface area contributed by atoms with Crippen LogP contribution in [0.4, 0.5) is 13.2 Å². The van der Waals surface area contributed by atoms with Gasteiger partial charge in [-0.25, -0.2) is 4.39 Å².